The van der Waals surface area contributed by atoms with Gasteiger partial charge in [0, 0.05) is 30.6 Å². The summed E-state index contributed by atoms with van der Waals surface area (Å²) in [5, 5.41) is 3.66. The summed E-state index contributed by atoms with van der Waals surface area (Å²) < 4.78 is 1.93. The van der Waals surface area contributed by atoms with E-state index in [1.807, 2.05) is 60.2 Å². The fourth-order valence-electron chi connectivity index (χ4n) is 1.95. The smallest absolute Gasteiger partial charge is 0.286 e. The van der Waals surface area contributed by atoms with Crippen molar-refractivity contribution in [3.05, 3.63) is 64.9 Å². The molecule has 4 heteroatoms. The van der Waals surface area contributed by atoms with Crippen molar-refractivity contribution in [1.82, 2.24) is 5.32 Å². The zero-order valence-corrected chi connectivity index (χ0v) is 12.2. The van der Waals surface area contributed by atoms with Crippen LogP contribution in [0, 0.1) is 6.92 Å². The molecule has 1 N–H and O–H groups in total. The van der Waals surface area contributed by atoms with E-state index < -0.39 is 0 Å². The minimum atomic E-state index is 0.0262. The molecule has 1 aromatic heterocycles. The molecule has 0 atom stereocenters. The van der Waals surface area contributed by atoms with Gasteiger partial charge >= 0.3 is 0 Å². The molecule has 0 unspecified atom stereocenters. The topological polar surface area (TPSA) is 33.0 Å². The first kappa shape index (κ1) is 14.5. The van der Waals surface area contributed by atoms with Crippen molar-refractivity contribution < 1.29 is 9.36 Å². The molecule has 0 aliphatic carbocycles. The quantitative estimate of drug-likeness (QED) is 0.842. The second kappa shape index (κ2) is 7.06. The highest BCUT2D eigenvalue weighted by Crippen LogP contribution is 2.09. The Kier molecular flexibility index (Phi) is 5.13. The van der Waals surface area contributed by atoms with Gasteiger partial charge in [-0.1, -0.05) is 29.8 Å². The number of carbonyl (C=O) groups is 1. The van der Waals surface area contributed by atoms with Crippen LogP contribution in [-0.4, -0.2) is 12.5 Å². The van der Waals surface area contributed by atoms with E-state index in [0.29, 0.717) is 13.1 Å². The van der Waals surface area contributed by atoms with E-state index in [4.69, 9.17) is 11.6 Å². The second-order valence-corrected chi connectivity index (χ2v) is 5.13. The Balaban J connectivity index is 1.78. The zero-order valence-electron chi connectivity index (χ0n) is 11.5. The number of aromatic nitrogens is 1. The zero-order chi connectivity index (χ0) is 14.4. The average Bonchev–Trinajstić information content (AvgIpc) is 2.44. The van der Waals surface area contributed by atoms with Crippen LogP contribution in [0.15, 0.2) is 48.7 Å². The molecule has 0 saturated carbocycles. The van der Waals surface area contributed by atoms with Gasteiger partial charge in [-0.15, -0.1) is 0 Å². The summed E-state index contributed by atoms with van der Waals surface area (Å²) in [6.07, 6.45) is 2.72. The largest absolute Gasteiger partial charge is 0.350 e. The van der Waals surface area contributed by atoms with Gasteiger partial charge in [-0.25, -0.2) is 0 Å². The third-order valence-corrected chi connectivity index (χ3v) is 3.38. The monoisotopic (exact) mass is 289 g/mol. The Morgan fingerprint density at radius 3 is 2.65 bits per heavy atom. The molecule has 1 aromatic carbocycles. The Bertz CT molecular complexity index is 581. The summed E-state index contributed by atoms with van der Waals surface area (Å²) in [7, 11) is 0. The molecular formula is C16H18ClN2O+. The van der Waals surface area contributed by atoms with Crippen LogP contribution in [0.5, 0.6) is 0 Å². The summed E-state index contributed by atoms with van der Waals surface area (Å²) in [6, 6.07) is 13.6. The van der Waals surface area contributed by atoms with Crippen molar-refractivity contribution in [2.75, 3.05) is 6.54 Å². The van der Waals surface area contributed by atoms with E-state index in [1.165, 1.54) is 5.56 Å². The van der Waals surface area contributed by atoms with Crippen LogP contribution in [0.2, 0.25) is 5.02 Å². The van der Waals surface area contributed by atoms with Crippen LogP contribution < -0.4 is 9.88 Å². The number of amides is 1. The van der Waals surface area contributed by atoms with E-state index in [1.54, 1.807) is 0 Å². The number of nitrogens with one attached hydrogen (secondary N) is 1. The summed E-state index contributed by atoms with van der Waals surface area (Å²) in [4.78, 5) is 11.9. The summed E-state index contributed by atoms with van der Waals surface area (Å²) in [5.74, 6) is 0.0262. The predicted octanol–water partition coefficient (Wildman–Crippen LogP) is 2.29. The Morgan fingerprint density at radius 1 is 1.20 bits per heavy atom. The van der Waals surface area contributed by atoms with Crippen LogP contribution >= 0.6 is 11.6 Å². The van der Waals surface area contributed by atoms with Gasteiger partial charge in [0.15, 0.2) is 11.9 Å². The number of hydrogen-bond acceptors (Lipinski definition) is 1. The van der Waals surface area contributed by atoms with Crippen molar-refractivity contribution in [2.24, 2.45) is 0 Å². The maximum Gasteiger partial charge on any atom is 0.286 e. The van der Waals surface area contributed by atoms with Crippen molar-refractivity contribution in [1.29, 1.82) is 0 Å². The third-order valence-electron chi connectivity index (χ3n) is 3.13. The van der Waals surface area contributed by atoms with Crippen molar-refractivity contribution in [3.8, 4) is 0 Å². The predicted molar refractivity (Wildman–Crippen MR) is 79.5 cm³/mol. The molecule has 0 fully saturated rings. The third kappa shape index (κ3) is 4.35. The SMILES string of the molecule is Cc1cccc[n+]1CC(=O)NCCc1ccc(Cl)cc1. The number of aryl methyl sites for hydroxylation is 1. The molecule has 2 rings (SSSR count). The summed E-state index contributed by atoms with van der Waals surface area (Å²) >= 11 is 5.83. The Morgan fingerprint density at radius 2 is 1.95 bits per heavy atom. The fraction of sp³-hybridized carbons (Fsp3) is 0.250. The standard InChI is InChI=1S/C16H17ClN2O/c1-13-4-2-3-11-19(13)12-16(20)18-10-9-14-5-7-15(17)8-6-14/h2-8,11H,9-10,12H2,1H3/p+1. The lowest BCUT2D eigenvalue weighted by molar-refractivity contribution is -0.690. The minimum Gasteiger partial charge on any atom is -0.350 e. The molecule has 1 heterocycles. The van der Waals surface area contributed by atoms with Gasteiger partial charge < -0.3 is 5.32 Å². The highest BCUT2D eigenvalue weighted by molar-refractivity contribution is 6.30. The lowest BCUT2D eigenvalue weighted by atomic mass is 10.1. The summed E-state index contributed by atoms with van der Waals surface area (Å²) in [6.45, 7) is 2.97. The van der Waals surface area contributed by atoms with Crippen molar-refractivity contribution in [2.45, 2.75) is 19.9 Å². The van der Waals surface area contributed by atoms with E-state index in [-0.39, 0.29) is 5.91 Å². The van der Waals surface area contributed by atoms with Crippen LogP contribution in [-0.2, 0) is 17.8 Å². The maximum atomic E-state index is 11.9. The van der Waals surface area contributed by atoms with Gasteiger partial charge in [0.25, 0.3) is 5.91 Å². The Hall–Kier alpha value is -1.87. The van der Waals surface area contributed by atoms with Crippen LogP contribution in [0.4, 0.5) is 0 Å². The highest BCUT2D eigenvalue weighted by Gasteiger charge is 2.10. The Labute approximate surface area is 124 Å². The molecule has 2 aromatic rings. The minimum absolute atomic E-state index is 0.0262. The molecule has 104 valence electrons. The normalized spacial score (nSPS) is 10.3. The lowest BCUT2D eigenvalue weighted by Crippen LogP contribution is -2.45. The van der Waals surface area contributed by atoms with Crippen LogP contribution in [0.25, 0.3) is 0 Å². The molecule has 0 bridgehead atoms. The van der Waals surface area contributed by atoms with Gasteiger partial charge in [-0.2, -0.15) is 4.57 Å². The molecule has 3 nitrogen and oxygen atoms in total. The van der Waals surface area contributed by atoms with Gasteiger partial charge in [-0.05, 0) is 24.1 Å². The first-order chi connectivity index (χ1) is 9.65. The van der Waals surface area contributed by atoms with E-state index >= 15 is 0 Å². The maximum absolute atomic E-state index is 11.9. The molecule has 0 saturated heterocycles. The number of benzene rings is 1. The highest BCUT2D eigenvalue weighted by atomic mass is 35.5. The molecule has 1 amide bonds. The first-order valence-electron chi connectivity index (χ1n) is 6.61. The second-order valence-electron chi connectivity index (χ2n) is 4.70. The molecular weight excluding hydrogens is 272 g/mol. The van der Waals surface area contributed by atoms with Gasteiger partial charge in [-0.3, -0.25) is 4.79 Å². The number of carbonyl (C=O) groups excluding carboxylic acids is 1. The number of pyridine rings is 1. The molecule has 0 radical (unpaired) electrons. The molecule has 0 aliphatic heterocycles. The average molecular weight is 290 g/mol. The molecule has 0 aliphatic rings. The number of hydrogen-bond donors (Lipinski definition) is 1. The van der Waals surface area contributed by atoms with Gasteiger partial charge in [0.1, 0.15) is 0 Å². The van der Waals surface area contributed by atoms with Gasteiger partial charge in [0.05, 0.1) is 0 Å². The van der Waals surface area contributed by atoms with E-state index in [2.05, 4.69) is 5.32 Å². The number of nitrogens with zero attached hydrogens (tertiary/aromatic N) is 1. The van der Waals surface area contributed by atoms with Crippen molar-refractivity contribution >= 4 is 17.5 Å². The number of halogens is 1. The van der Waals surface area contributed by atoms with Crippen molar-refractivity contribution in [3.63, 3.8) is 0 Å². The fourth-order valence-corrected chi connectivity index (χ4v) is 2.07. The van der Waals surface area contributed by atoms with E-state index in [9.17, 15) is 4.79 Å². The summed E-state index contributed by atoms with van der Waals surface area (Å²) in [5.41, 5.74) is 2.23. The molecule has 20 heavy (non-hydrogen) atoms. The van der Waals surface area contributed by atoms with Crippen LogP contribution in [0.3, 0.4) is 0 Å². The van der Waals surface area contributed by atoms with Crippen LogP contribution in [0.1, 0.15) is 11.3 Å². The van der Waals surface area contributed by atoms with Gasteiger partial charge in [0.2, 0.25) is 6.54 Å². The number of rotatable bonds is 5. The lowest BCUT2D eigenvalue weighted by Gasteiger charge is -2.04. The van der Waals surface area contributed by atoms with E-state index in [0.717, 1.165) is 17.1 Å². The first-order valence-corrected chi connectivity index (χ1v) is 6.99. The molecule has 0 spiro atoms.